The summed E-state index contributed by atoms with van der Waals surface area (Å²) >= 11 is 0. The van der Waals surface area contributed by atoms with E-state index in [1.54, 1.807) is 31.4 Å². The monoisotopic (exact) mass is 192 g/mol. The number of rotatable bonds is 4. The highest BCUT2D eigenvalue weighted by atomic mass is 16.5. The lowest BCUT2D eigenvalue weighted by molar-refractivity contribution is 0.0697. The van der Waals surface area contributed by atoms with Gasteiger partial charge in [0.25, 0.3) is 0 Å². The van der Waals surface area contributed by atoms with Gasteiger partial charge in [-0.1, -0.05) is 24.3 Å². The lowest BCUT2D eigenvalue weighted by atomic mass is 10.1. The minimum Gasteiger partial charge on any atom is -0.478 e. The molecule has 14 heavy (non-hydrogen) atoms. The van der Waals surface area contributed by atoms with Crippen molar-refractivity contribution in [3.05, 3.63) is 41.5 Å². The van der Waals surface area contributed by atoms with Gasteiger partial charge in [0.15, 0.2) is 0 Å². The summed E-state index contributed by atoms with van der Waals surface area (Å²) in [5.41, 5.74) is 1.26. The Balaban J connectivity index is 2.68. The van der Waals surface area contributed by atoms with Gasteiger partial charge in [-0.2, -0.15) is 0 Å². The fourth-order valence-corrected chi connectivity index (χ4v) is 1.02. The minimum atomic E-state index is -0.905. The van der Waals surface area contributed by atoms with Crippen molar-refractivity contribution in [3.8, 4) is 0 Å². The predicted octanol–water partition coefficient (Wildman–Crippen LogP) is 2.04. The van der Waals surface area contributed by atoms with E-state index in [1.807, 2.05) is 12.2 Å². The van der Waals surface area contributed by atoms with E-state index >= 15 is 0 Å². The maximum Gasteiger partial charge on any atom is 0.335 e. The van der Waals surface area contributed by atoms with Crippen molar-refractivity contribution in [1.29, 1.82) is 0 Å². The molecule has 0 unspecified atom stereocenters. The molecule has 0 aliphatic heterocycles. The molecule has 0 saturated carbocycles. The van der Waals surface area contributed by atoms with Crippen LogP contribution in [0.15, 0.2) is 30.3 Å². The molecule has 0 bridgehead atoms. The largest absolute Gasteiger partial charge is 0.478 e. The lowest BCUT2D eigenvalue weighted by Gasteiger charge is -1.95. The summed E-state index contributed by atoms with van der Waals surface area (Å²) in [7, 11) is 1.62. The van der Waals surface area contributed by atoms with Gasteiger partial charge in [-0.25, -0.2) is 4.79 Å². The van der Waals surface area contributed by atoms with Crippen LogP contribution in [0.1, 0.15) is 15.9 Å². The molecule has 0 aliphatic carbocycles. The van der Waals surface area contributed by atoms with E-state index in [1.165, 1.54) is 0 Å². The number of aromatic carboxylic acids is 1. The van der Waals surface area contributed by atoms with Crippen LogP contribution in [0, 0.1) is 0 Å². The third-order valence-corrected chi connectivity index (χ3v) is 1.73. The van der Waals surface area contributed by atoms with E-state index in [0.29, 0.717) is 12.2 Å². The van der Waals surface area contributed by atoms with Crippen LogP contribution in [-0.2, 0) is 4.74 Å². The van der Waals surface area contributed by atoms with Crippen molar-refractivity contribution < 1.29 is 14.6 Å². The van der Waals surface area contributed by atoms with E-state index in [2.05, 4.69) is 0 Å². The molecule has 3 nitrogen and oxygen atoms in total. The molecule has 0 radical (unpaired) electrons. The van der Waals surface area contributed by atoms with Crippen LogP contribution in [0.3, 0.4) is 0 Å². The topological polar surface area (TPSA) is 46.5 Å². The van der Waals surface area contributed by atoms with Gasteiger partial charge in [0, 0.05) is 7.11 Å². The summed E-state index contributed by atoms with van der Waals surface area (Å²) in [6.45, 7) is 0.556. The average molecular weight is 192 g/mol. The number of carboxylic acid groups (broad SMARTS) is 1. The van der Waals surface area contributed by atoms with Crippen molar-refractivity contribution in [3.63, 3.8) is 0 Å². The molecule has 0 aromatic heterocycles. The second-order valence-electron chi connectivity index (χ2n) is 2.78. The zero-order chi connectivity index (χ0) is 10.4. The van der Waals surface area contributed by atoms with Crippen LogP contribution in [0.4, 0.5) is 0 Å². The quantitative estimate of drug-likeness (QED) is 0.794. The van der Waals surface area contributed by atoms with Crippen LogP contribution in [0.5, 0.6) is 0 Å². The van der Waals surface area contributed by atoms with Gasteiger partial charge in [0.2, 0.25) is 0 Å². The van der Waals surface area contributed by atoms with Crippen LogP contribution < -0.4 is 0 Å². The van der Waals surface area contributed by atoms with Crippen molar-refractivity contribution in [2.75, 3.05) is 13.7 Å². The maximum atomic E-state index is 10.5. The summed E-state index contributed by atoms with van der Waals surface area (Å²) in [5.74, 6) is -0.905. The van der Waals surface area contributed by atoms with Gasteiger partial charge < -0.3 is 9.84 Å². The number of hydrogen-bond acceptors (Lipinski definition) is 2. The molecule has 0 fully saturated rings. The maximum absolute atomic E-state index is 10.5. The predicted molar refractivity (Wildman–Crippen MR) is 54.3 cm³/mol. The average Bonchev–Trinajstić information content (AvgIpc) is 2.19. The van der Waals surface area contributed by atoms with Crippen LogP contribution in [0.2, 0.25) is 0 Å². The molecule has 0 aliphatic rings. The molecule has 1 aromatic rings. The van der Waals surface area contributed by atoms with Crippen LogP contribution in [0.25, 0.3) is 6.08 Å². The number of benzene rings is 1. The molecular weight excluding hydrogens is 180 g/mol. The highest BCUT2D eigenvalue weighted by Gasteiger charge is 1.99. The zero-order valence-electron chi connectivity index (χ0n) is 7.93. The Hall–Kier alpha value is -1.61. The molecule has 1 rings (SSSR count). The van der Waals surface area contributed by atoms with E-state index in [-0.39, 0.29) is 0 Å². The summed E-state index contributed by atoms with van der Waals surface area (Å²) in [6, 6.07) is 6.68. The first-order chi connectivity index (χ1) is 6.74. The number of ether oxygens (including phenoxy) is 1. The Bertz CT molecular complexity index is 325. The molecule has 1 aromatic carbocycles. The molecule has 74 valence electrons. The standard InChI is InChI=1S/C11H12O3/c1-14-8-2-3-9-4-6-10(7-5-9)11(12)13/h2-7H,8H2,1H3,(H,12,13). The number of carboxylic acids is 1. The summed E-state index contributed by atoms with van der Waals surface area (Å²) < 4.78 is 4.84. The Kier molecular flexibility index (Phi) is 3.88. The van der Waals surface area contributed by atoms with Crippen LogP contribution >= 0.6 is 0 Å². The van der Waals surface area contributed by atoms with E-state index in [9.17, 15) is 4.79 Å². The van der Waals surface area contributed by atoms with Crippen LogP contribution in [-0.4, -0.2) is 24.8 Å². The van der Waals surface area contributed by atoms with E-state index in [4.69, 9.17) is 9.84 Å². The Morgan fingerprint density at radius 1 is 1.43 bits per heavy atom. The molecule has 0 atom stereocenters. The first-order valence-corrected chi connectivity index (χ1v) is 4.23. The van der Waals surface area contributed by atoms with Crippen molar-refractivity contribution >= 4 is 12.0 Å². The number of carbonyl (C=O) groups is 1. The zero-order valence-corrected chi connectivity index (χ0v) is 7.93. The molecule has 0 saturated heterocycles. The van der Waals surface area contributed by atoms with E-state index in [0.717, 1.165) is 5.56 Å². The van der Waals surface area contributed by atoms with Gasteiger partial charge in [0.1, 0.15) is 0 Å². The first-order valence-electron chi connectivity index (χ1n) is 4.23. The Labute approximate surface area is 82.6 Å². The summed E-state index contributed by atoms with van der Waals surface area (Å²) in [6.07, 6.45) is 3.75. The molecule has 3 heteroatoms. The van der Waals surface area contributed by atoms with Gasteiger partial charge in [-0.3, -0.25) is 0 Å². The lowest BCUT2D eigenvalue weighted by Crippen LogP contribution is -1.94. The Morgan fingerprint density at radius 3 is 2.57 bits per heavy atom. The van der Waals surface area contributed by atoms with Gasteiger partial charge in [-0.05, 0) is 17.7 Å². The minimum absolute atomic E-state index is 0.300. The highest BCUT2D eigenvalue weighted by Crippen LogP contribution is 2.05. The normalized spacial score (nSPS) is 10.6. The highest BCUT2D eigenvalue weighted by molar-refractivity contribution is 5.87. The number of hydrogen-bond donors (Lipinski definition) is 1. The first kappa shape index (κ1) is 10.5. The third kappa shape index (κ3) is 3.03. The molecule has 0 amide bonds. The second kappa shape index (κ2) is 5.19. The fourth-order valence-electron chi connectivity index (χ4n) is 1.02. The summed E-state index contributed by atoms with van der Waals surface area (Å²) in [4.78, 5) is 10.5. The smallest absolute Gasteiger partial charge is 0.335 e. The van der Waals surface area contributed by atoms with Crippen molar-refractivity contribution in [2.45, 2.75) is 0 Å². The summed E-state index contributed by atoms with van der Waals surface area (Å²) in [5, 5.41) is 8.65. The molecule has 0 spiro atoms. The van der Waals surface area contributed by atoms with Gasteiger partial charge >= 0.3 is 5.97 Å². The molecular formula is C11H12O3. The SMILES string of the molecule is COCC=Cc1ccc(C(=O)O)cc1. The third-order valence-electron chi connectivity index (χ3n) is 1.73. The van der Waals surface area contributed by atoms with Gasteiger partial charge in [0.05, 0.1) is 12.2 Å². The van der Waals surface area contributed by atoms with E-state index < -0.39 is 5.97 Å². The van der Waals surface area contributed by atoms with Crippen molar-refractivity contribution in [2.24, 2.45) is 0 Å². The molecule has 0 heterocycles. The fraction of sp³-hybridized carbons (Fsp3) is 0.182. The Morgan fingerprint density at radius 2 is 2.07 bits per heavy atom. The number of methoxy groups -OCH3 is 1. The van der Waals surface area contributed by atoms with Crippen molar-refractivity contribution in [1.82, 2.24) is 0 Å². The molecule has 1 N–H and O–H groups in total. The van der Waals surface area contributed by atoms with Gasteiger partial charge in [-0.15, -0.1) is 0 Å². The second-order valence-corrected chi connectivity index (χ2v) is 2.78.